The maximum absolute atomic E-state index is 12.9. The first-order valence-corrected chi connectivity index (χ1v) is 8.45. The molecule has 0 aliphatic rings. The van der Waals surface area contributed by atoms with E-state index in [1.807, 2.05) is 37.3 Å². The summed E-state index contributed by atoms with van der Waals surface area (Å²) < 4.78 is 12.8. The molecule has 4 aromatic rings. The van der Waals surface area contributed by atoms with E-state index in [4.69, 9.17) is 9.15 Å². The van der Waals surface area contributed by atoms with Gasteiger partial charge >= 0.3 is 6.01 Å². The van der Waals surface area contributed by atoms with Crippen molar-refractivity contribution in [2.45, 2.75) is 6.92 Å². The van der Waals surface area contributed by atoms with Gasteiger partial charge in [0.15, 0.2) is 0 Å². The third-order valence-corrected chi connectivity index (χ3v) is 4.10. The van der Waals surface area contributed by atoms with Crippen LogP contribution in [0, 0.1) is 0 Å². The van der Waals surface area contributed by atoms with E-state index >= 15 is 0 Å². The molecule has 0 atom stereocenters. The van der Waals surface area contributed by atoms with Gasteiger partial charge < -0.3 is 9.15 Å². The first-order chi connectivity index (χ1) is 13.2. The fourth-order valence-electron chi connectivity index (χ4n) is 2.88. The summed E-state index contributed by atoms with van der Waals surface area (Å²) in [4.78, 5) is 12.9. The van der Waals surface area contributed by atoms with Crippen molar-refractivity contribution in [3.8, 4) is 17.3 Å². The number of fused-ring (bicyclic) bond motifs is 1. The highest BCUT2D eigenvalue weighted by molar-refractivity contribution is 6.14. The van der Waals surface area contributed by atoms with Gasteiger partial charge in [-0.15, -0.1) is 5.10 Å². The van der Waals surface area contributed by atoms with Crippen molar-refractivity contribution in [3.63, 3.8) is 0 Å². The Bertz CT molecular complexity index is 1120. The number of hydrogen-bond donors (Lipinski definition) is 1. The summed E-state index contributed by atoms with van der Waals surface area (Å²) in [6, 6.07) is 13.1. The quantitative estimate of drug-likeness (QED) is 0.585. The van der Waals surface area contributed by atoms with Crippen LogP contribution in [0.3, 0.4) is 0 Å². The van der Waals surface area contributed by atoms with Crippen LogP contribution in [0.15, 0.2) is 53.1 Å². The molecule has 27 heavy (non-hydrogen) atoms. The Kier molecular flexibility index (Phi) is 4.29. The van der Waals surface area contributed by atoms with Gasteiger partial charge in [-0.2, -0.15) is 5.10 Å². The summed E-state index contributed by atoms with van der Waals surface area (Å²) in [7, 11) is 1.77. The molecule has 0 bridgehead atoms. The Morgan fingerprint density at radius 2 is 2.04 bits per heavy atom. The molecular formula is C19H17N5O3. The molecule has 1 amide bonds. The first kappa shape index (κ1) is 16.8. The van der Waals surface area contributed by atoms with Gasteiger partial charge in [0.05, 0.1) is 12.2 Å². The number of rotatable bonds is 5. The van der Waals surface area contributed by atoms with Crippen molar-refractivity contribution >= 4 is 22.7 Å². The predicted octanol–water partition coefficient (Wildman–Crippen LogP) is 3.27. The second-order valence-corrected chi connectivity index (χ2v) is 5.80. The molecule has 4 rings (SSSR count). The number of carbonyl (C=O) groups excluding carboxylic acids is 1. The summed E-state index contributed by atoms with van der Waals surface area (Å²) in [5, 5.41) is 16.3. The molecule has 136 valence electrons. The minimum atomic E-state index is -0.379. The van der Waals surface area contributed by atoms with E-state index in [0.29, 0.717) is 23.6 Å². The Labute approximate surface area is 154 Å². The van der Waals surface area contributed by atoms with Crippen LogP contribution in [0.1, 0.15) is 17.3 Å². The molecular weight excluding hydrogens is 346 g/mol. The predicted molar refractivity (Wildman–Crippen MR) is 99.6 cm³/mol. The largest absolute Gasteiger partial charge is 0.493 e. The van der Waals surface area contributed by atoms with Gasteiger partial charge in [0.2, 0.25) is 0 Å². The Morgan fingerprint density at radius 1 is 1.19 bits per heavy atom. The highest BCUT2D eigenvalue weighted by Crippen LogP contribution is 2.29. The van der Waals surface area contributed by atoms with Gasteiger partial charge in [0, 0.05) is 13.2 Å². The van der Waals surface area contributed by atoms with Crippen LogP contribution < -0.4 is 10.1 Å². The van der Waals surface area contributed by atoms with Crippen LogP contribution in [-0.2, 0) is 7.05 Å². The second kappa shape index (κ2) is 6.91. The van der Waals surface area contributed by atoms with Gasteiger partial charge in [-0.1, -0.05) is 35.4 Å². The highest BCUT2D eigenvalue weighted by atomic mass is 16.5. The van der Waals surface area contributed by atoms with Gasteiger partial charge in [0.25, 0.3) is 11.8 Å². The maximum atomic E-state index is 12.9. The summed E-state index contributed by atoms with van der Waals surface area (Å²) in [6.45, 7) is 2.32. The Hall–Kier alpha value is -3.68. The van der Waals surface area contributed by atoms with E-state index in [9.17, 15) is 4.79 Å². The summed E-state index contributed by atoms with van der Waals surface area (Å²) in [6.07, 6.45) is 1.63. The van der Waals surface area contributed by atoms with Crippen LogP contribution in [-0.4, -0.2) is 32.5 Å². The zero-order chi connectivity index (χ0) is 18.8. The van der Waals surface area contributed by atoms with Gasteiger partial charge in [-0.3, -0.25) is 14.8 Å². The topological polar surface area (TPSA) is 95.1 Å². The Balaban J connectivity index is 1.68. The minimum absolute atomic E-state index is 0.00610. The number of aromatic nitrogens is 4. The zero-order valence-corrected chi connectivity index (χ0v) is 14.8. The number of amides is 1. The molecule has 0 saturated carbocycles. The van der Waals surface area contributed by atoms with Gasteiger partial charge in [-0.05, 0) is 29.8 Å². The van der Waals surface area contributed by atoms with E-state index in [1.165, 1.54) is 0 Å². The smallest absolute Gasteiger partial charge is 0.322 e. The number of nitrogens with one attached hydrogen (secondary N) is 1. The SMILES string of the molecule is CCOc1ccc2ccccc2c1C(=O)Nc1nnc(-c2ccnn2C)o1. The molecule has 0 unspecified atom stereocenters. The van der Waals surface area contributed by atoms with Crippen molar-refractivity contribution < 1.29 is 13.9 Å². The van der Waals surface area contributed by atoms with E-state index in [1.54, 1.807) is 30.1 Å². The zero-order valence-electron chi connectivity index (χ0n) is 14.8. The normalized spacial score (nSPS) is 10.9. The van der Waals surface area contributed by atoms with Crippen LogP contribution in [0.5, 0.6) is 5.75 Å². The lowest BCUT2D eigenvalue weighted by atomic mass is 10.0. The molecule has 1 N–H and O–H groups in total. The molecule has 0 saturated heterocycles. The molecule has 2 aromatic carbocycles. The van der Waals surface area contributed by atoms with Crippen molar-refractivity contribution in [2.75, 3.05) is 11.9 Å². The number of carbonyl (C=O) groups is 1. The first-order valence-electron chi connectivity index (χ1n) is 8.45. The van der Waals surface area contributed by atoms with Crippen molar-refractivity contribution in [1.29, 1.82) is 0 Å². The standard InChI is InChI=1S/C19H17N5O3/c1-3-26-15-9-8-12-6-4-5-7-13(12)16(15)17(25)21-19-23-22-18(27-19)14-10-11-20-24(14)2/h4-11H,3H2,1-2H3,(H,21,23,25). The molecule has 0 aliphatic heterocycles. The average molecular weight is 363 g/mol. The van der Waals surface area contributed by atoms with Crippen molar-refractivity contribution in [1.82, 2.24) is 20.0 Å². The van der Waals surface area contributed by atoms with Gasteiger partial charge in [0.1, 0.15) is 11.4 Å². The molecule has 8 heteroatoms. The van der Waals surface area contributed by atoms with Crippen molar-refractivity contribution in [2.24, 2.45) is 7.05 Å². The van der Waals surface area contributed by atoms with E-state index in [0.717, 1.165) is 10.8 Å². The third-order valence-electron chi connectivity index (χ3n) is 4.10. The third kappa shape index (κ3) is 3.12. The number of anilines is 1. The summed E-state index contributed by atoms with van der Waals surface area (Å²) >= 11 is 0. The van der Waals surface area contributed by atoms with E-state index < -0.39 is 0 Å². The molecule has 0 fully saturated rings. The van der Waals surface area contributed by atoms with Crippen LogP contribution in [0.2, 0.25) is 0 Å². The maximum Gasteiger partial charge on any atom is 0.322 e. The molecule has 8 nitrogen and oxygen atoms in total. The second-order valence-electron chi connectivity index (χ2n) is 5.80. The lowest BCUT2D eigenvalue weighted by Crippen LogP contribution is -2.14. The molecule has 0 spiro atoms. The number of hydrogen-bond acceptors (Lipinski definition) is 6. The summed E-state index contributed by atoms with van der Waals surface area (Å²) in [5.41, 5.74) is 1.08. The molecule has 0 radical (unpaired) electrons. The Morgan fingerprint density at radius 3 is 2.81 bits per heavy atom. The number of nitrogens with zero attached hydrogens (tertiary/aromatic N) is 4. The molecule has 0 aliphatic carbocycles. The lowest BCUT2D eigenvalue weighted by molar-refractivity contribution is 0.102. The van der Waals surface area contributed by atoms with Crippen LogP contribution >= 0.6 is 0 Å². The number of ether oxygens (including phenoxy) is 1. The number of aryl methyl sites for hydroxylation is 1. The fourth-order valence-corrected chi connectivity index (χ4v) is 2.88. The van der Waals surface area contributed by atoms with Crippen LogP contribution in [0.25, 0.3) is 22.4 Å². The average Bonchev–Trinajstić information content (AvgIpc) is 3.30. The van der Waals surface area contributed by atoms with Crippen molar-refractivity contribution in [3.05, 3.63) is 54.2 Å². The van der Waals surface area contributed by atoms with E-state index in [-0.39, 0.29) is 17.8 Å². The van der Waals surface area contributed by atoms with E-state index in [2.05, 4.69) is 20.6 Å². The number of benzene rings is 2. The lowest BCUT2D eigenvalue weighted by Gasteiger charge is -2.12. The summed E-state index contributed by atoms with van der Waals surface area (Å²) in [5.74, 6) is 0.392. The monoisotopic (exact) mass is 363 g/mol. The molecule has 2 aromatic heterocycles. The highest BCUT2D eigenvalue weighted by Gasteiger charge is 2.20. The van der Waals surface area contributed by atoms with Crippen LogP contribution in [0.4, 0.5) is 6.01 Å². The fraction of sp³-hybridized carbons (Fsp3) is 0.158. The minimum Gasteiger partial charge on any atom is -0.493 e. The molecule has 2 heterocycles. The van der Waals surface area contributed by atoms with Gasteiger partial charge in [-0.25, -0.2) is 0 Å².